The van der Waals surface area contributed by atoms with Crippen molar-refractivity contribution >= 4 is 17.2 Å². The van der Waals surface area contributed by atoms with Gasteiger partial charge in [0.1, 0.15) is 0 Å². The van der Waals surface area contributed by atoms with Gasteiger partial charge in [0.15, 0.2) is 0 Å². The minimum absolute atomic E-state index is 0.000115. The summed E-state index contributed by atoms with van der Waals surface area (Å²) in [5.41, 5.74) is 0. The molecule has 1 aromatic heterocycles. The van der Waals surface area contributed by atoms with E-state index in [9.17, 15) is 4.79 Å². The van der Waals surface area contributed by atoms with Crippen LogP contribution in [0.5, 0.6) is 0 Å². The van der Waals surface area contributed by atoms with Gasteiger partial charge < -0.3 is 5.32 Å². The van der Waals surface area contributed by atoms with E-state index < -0.39 is 0 Å². The number of thiazole rings is 1. The van der Waals surface area contributed by atoms with E-state index >= 15 is 0 Å². The number of carbonyl (C=O) groups is 1. The Labute approximate surface area is 154 Å². The number of rotatable bonds is 6. The van der Waals surface area contributed by atoms with Gasteiger partial charge in [0.25, 0.3) is 0 Å². The molecule has 1 aliphatic heterocycles. The summed E-state index contributed by atoms with van der Waals surface area (Å²) in [5, 5.41) is 4.49. The Hall–Kier alpha value is -0.980. The lowest BCUT2D eigenvalue weighted by atomic mass is 10.1. The monoisotopic (exact) mass is 362 g/mol. The summed E-state index contributed by atoms with van der Waals surface area (Å²) >= 11 is 1.92. The third kappa shape index (κ3) is 4.41. The van der Waals surface area contributed by atoms with Crippen LogP contribution in [-0.2, 0) is 11.3 Å². The van der Waals surface area contributed by atoms with Crippen LogP contribution >= 0.6 is 11.3 Å². The lowest BCUT2D eigenvalue weighted by molar-refractivity contribution is -0.126. The third-order valence-corrected chi connectivity index (χ3v) is 7.06. The normalized spacial score (nSPS) is 24.5. The molecule has 0 radical (unpaired) electrons. The van der Waals surface area contributed by atoms with E-state index in [-0.39, 0.29) is 11.9 Å². The van der Waals surface area contributed by atoms with Gasteiger partial charge in [-0.3, -0.25) is 14.6 Å². The molecule has 25 heavy (non-hydrogen) atoms. The molecule has 1 amide bonds. The minimum atomic E-state index is 0.000115. The first-order valence-corrected chi connectivity index (χ1v) is 10.7. The first kappa shape index (κ1) is 17.4. The van der Waals surface area contributed by atoms with Crippen LogP contribution in [0.4, 0.5) is 0 Å². The molecule has 2 saturated carbocycles. The van der Waals surface area contributed by atoms with Crippen molar-refractivity contribution in [1.82, 2.24) is 20.1 Å². The second-order valence-corrected chi connectivity index (χ2v) is 9.06. The van der Waals surface area contributed by atoms with E-state index in [2.05, 4.69) is 21.3 Å². The number of nitrogens with zero attached hydrogens (tertiary/aromatic N) is 3. The third-order valence-electron chi connectivity index (χ3n) is 5.91. The fourth-order valence-electron chi connectivity index (χ4n) is 4.00. The zero-order chi connectivity index (χ0) is 17.2. The molecule has 1 N–H and O–H groups in total. The second-order valence-electron chi connectivity index (χ2n) is 7.92. The first-order valence-electron chi connectivity index (χ1n) is 9.90. The molecule has 3 aliphatic rings. The number of amides is 1. The molecule has 0 aromatic carbocycles. The van der Waals surface area contributed by atoms with Gasteiger partial charge >= 0.3 is 0 Å². The topological polar surface area (TPSA) is 48.5 Å². The molecule has 1 saturated heterocycles. The predicted molar refractivity (Wildman–Crippen MR) is 101 cm³/mol. The Morgan fingerprint density at radius 2 is 1.96 bits per heavy atom. The number of aromatic nitrogens is 1. The molecule has 3 fully saturated rings. The summed E-state index contributed by atoms with van der Waals surface area (Å²) in [7, 11) is 0. The maximum absolute atomic E-state index is 12.2. The molecule has 4 rings (SSSR count). The van der Waals surface area contributed by atoms with Crippen molar-refractivity contribution in [2.75, 3.05) is 26.2 Å². The average molecular weight is 363 g/mol. The van der Waals surface area contributed by atoms with E-state index in [1.54, 1.807) is 0 Å². The lowest BCUT2D eigenvalue weighted by Crippen LogP contribution is -2.53. The van der Waals surface area contributed by atoms with Crippen LogP contribution in [0.3, 0.4) is 0 Å². The molecular weight excluding hydrogens is 332 g/mol. The van der Waals surface area contributed by atoms with Crippen molar-refractivity contribution < 1.29 is 4.79 Å². The minimum Gasteiger partial charge on any atom is -0.352 e. The van der Waals surface area contributed by atoms with Crippen LogP contribution in [0.1, 0.15) is 61.3 Å². The molecule has 2 aliphatic carbocycles. The van der Waals surface area contributed by atoms with E-state index in [0.29, 0.717) is 6.04 Å². The van der Waals surface area contributed by atoms with Gasteiger partial charge in [-0.15, -0.1) is 11.3 Å². The SMILES string of the molecule is CC(C(=O)NC1CC1)N1CCN(Cc2cnc(C3CCCC3)s2)CC1. The number of hydrogen-bond acceptors (Lipinski definition) is 5. The van der Waals surface area contributed by atoms with Crippen molar-refractivity contribution in [3.05, 3.63) is 16.1 Å². The van der Waals surface area contributed by atoms with Crippen molar-refractivity contribution in [3.63, 3.8) is 0 Å². The molecule has 2 heterocycles. The Balaban J connectivity index is 1.23. The summed E-state index contributed by atoms with van der Waals surface area (Å²) in [4.78, 5) is 23.1. The average Bonchev–Trinajstić information content (AvgIpc) is 3.10. The quantitative estimate of drug-likeness (QED) is 0.845. The fraction of sp³-hybridized carbons (Fsp3) is 0.789. The summed E-state index contributed by atoms with van der Waals surface area (Å²) in [6, 6.07) is 0.455. The van der Waals surface area contributed by atoms with Gasteiger partial charge in [-0.1, -0.05) is 12.8 Å². The highest BCUT2D eigenvalue weighted by molar-refractivity contribution is 7.11. The molecule has 0 bridgehead atoms. The molecule has 1 atom stereocenters. The van der Waals surface area contributed by atoms with E-state index in [0.717, 1.165) is 51.5 Å². The molecule has 6 heteroatoms. The summed E-state index contributed by atoms with van der Waals surface area (Å²) in [6.07, 6.45) is 9.80. The molecule has 1 aromatic rings. The van der Waals surface area contributed by atoms with Crippen molar-refractivity contribution in [3.8, 4) is 0 Å². The molecule has 5 nitrogen and oxygen atoms in total. The first-order chi connectivity index (χ1) is 12.2. The smallest absolute Gasteiger partial charge is 0.237 e. The Morgan fingerprint density at radius 3 is 2.64 bits per heavy atom. The highest BCUT2D eigenvalue weighted by atomic mass is 32.1. The van der Waals surface area contributed by atoms with Crippen LogP contribution in [0.25, 0.3) is 0 Å². The number of carbonyl (C=O) groups excluding carboxylic acids is 1. The maximum atomic E-state index is 12.2. The number of nitrogens with one attached hydrogen (secondary N) is 1. The van der Waals surface area contributed by atoms with Gasteiger partial charge in [-0.25, -0.2) is 4.98 Å². The van der Waals surface area contributed by atoms with E-state index in [1.807, 2.05) is 18.3 Å². The number of hydrogen-bond donors (Lipinski definition) is 1. The van der Waals surface area contributed by atoms with Gasteiger partial charge in [-0.05, 0) is 32.6 Å². The van der Waals surface area contributed by atoms with Crippen LogP contribution in [0.2, 0.25) is 0 Å². The standard InChI is InChI=1S/C19H30N4OS/c1-14(18(24)21-16-6-7-16)23-10-8-22(9-11-23)13-17-12-20-19(25-17)15-4-2-3-5-15/h12,14-16H,2-11,13H2,1H3,(H,21,24). The largest absolute Gasteiger partial charge is 0.352 e. The van der Waals surface area contributed by atoms with Crippen LogP contribution in [0, 0.1) is 0 Å². The van der Waals surface area contributed by atoms with Gasteiger partial charge in [0.2, 0.25) is 5.91 Å². The Bertz CT molecular complexity index is 586. The number of piperazine rings is 1. The molecule has 1 unspecified atom stereocenters. The maximum Gasteiger partial charge on any atom is 0.237 e. The Morgan fingerprint density at radius 1 is 1.24 bits per heavy atom. The fourth-order valence-corrected chi connectivity index (χ4v) is 5.13. The van der Waals surface area contributed by atoms with Crippen LogP contribution < -0.4 is 5.32 Å². The van der Waals surface area contributed by atoms with Crippen molar-refractivity contribution in [1.29, 1.82) is 0 Å². The van der Waals surface area contributed by atoms with Crippen molar-refractivity contribution in [2.24, 2.45) is 0 Å². The Kier molecular flexibility index (Phi) is 5.39. The summed E-state index contributed by atoms with van der Waals surface area (Å²) in [6.45, 7) is 7.10. The lowest BCUT2D eigenvalue weighted by Gasteiger charge is -2.37. The van der Waals surface area contributed by atoms with Gasteiger partial charge in [-0.2, -0.15) is 0 Å². The highest BCUT2D eigenvalue weighted by Crippen LogP contribution is 2.36. The zero-order valence-corrected chi connectivity index (χ0v) is 16.1. The summed E-state index contributed by atoms with van der Waals surface area (Å²) in [5.74, 6) is 0.932. The predicted octanol–water partition coefficient (Wildman–Crippen LogP) is 2.59. The second kappa shape index (κ2) is 7.72. The molecule has 138 valence electrons. The molecular formula is C19H30N4OS. The van der Waals surface area contributed by atoms with E-state index in [4.69, 9.17) is 4.98 Å². The summed E-state index contributed by atoms with van der Waals surface area (Å²) < 4.78 is 0. The van der Waals surface area contributed by atoms with Crippen LogP contribution in [-0.4, -0.2) is 59.0 Å². The zero-order valence-electron chi connectivity index (χ0n) is 15.2. The highest BCUT2D eigenvalue weighted by Gasteiger charge is 2.30. The van der Waals surface area contributed by atoms with Gasteiger partial charge in [0.05, 0.1) is 11.0 Å². The van der Waals surface area contributed by atoms with Crippen LogP contribution in [0.15, 0.2) is 6.20 Å². The molecule has 0 spiro atoms. The van der Waals surface area contributed by atoms with Gasteiger partial charge in [0, 0.05) is 55.8 Å². The van der Waals surface area contributed by atoms with Crippen molar-refractivity contribution in [2.45, 2.75) is 70.0 Å². The van der Waals surface area contributed by atoms with E-state index in [1.165, 1.54) is 35.6 Å².